The first-order chi connectivity index (χ1) is 12.0. The van der Waals surface area contributed by atoms with Gasteiger partial charge in [-0.2, -0.15) is 11.8 Å². The van der Waals surface area contributed by atoms with Crippen molar-refractivity contribution in [1.82, 2.24) is 16.0 Å². The second-order valence-corrected chi connectivity index (χ2v) is 7.99. The fraction of sp³-hybridized carbons (Fsp3) is 0.812. The van der Waals surface area contributed by atoms with E-state index in [-0.39, 0.29) is 24.0 Å². The van der Waals surface area contributed by atoms with Crippen molar-refractivity contribution < 1.29 is 14.4 Å². The fourth-order valence-corrected chi connectivity index (χ4v) is 4.77. The SMILES string of the molecule is NC(=O)[C@H](N)CCCCNC(=O)CCCC[C@@H]1SC[C@@H]2NC(=O)N[C@H]21. The molecular weight excluding hydrogens is 342 g/mol. The summed E-state index contributed by atoms with van der Waals surface area (Å²) in [7, 11) is 0. The Morgan fingerprint density at radius 2 is 2.04 bits per heavy atom. The molecule has 0 aromatic heterocycles. The van der Waals surface area contributed by atoms with Crippen LogP contribution in [0, 0.1) is 0 Å². The molecule has 2 aliphatic heterocycles. The summed E-state index contributed by atoms with van der Waals surface area (Å²) < 4.78 is 0. The van der Waals surface area contributed by atoms with E-state index in [9.17, 15) is 14.4 Å². The molecule has 0 unspecified atom stereocenters. The van der Waals surface area contributed by atoms with Crippen LogP contribution in [-0.4, -0.2) is 53.5 Å². The lowest BCUT2D eigenvalue weighted by Gasteiger charge is -2.16. The molecule has 7 N–H and O–H groups in total. The van der Waals surface area contributed by atoms with Crippen molar-refractivity contribution in [3.05, 3.63) is 0 Å². The average molecular weight is 372 g/mol. The number of nitrogens with two attached hydrogens (primary N) is 2. The molecule has 2 rings (SSSR count). The Balaban J connectivity index is 1.46. The zero-order valence-corrected chi connectivity index (χ0v) is 15.3. The summed E-state index contributed by atoms with van der Waals surface area (Å²) in [5.41, 5.74) is 10.6. The molecule has 0 aromatic rings. The third-order valence-electron chi connectivity index (χ3n) is 4.71. The lowest BCUT2D eigenvalue weighted by molar-refractivity contribution is -0.121. The van der Waals surface area contributed by atoms with E-state index in [2.05, 4.69) is 16.0 Å². The lowest BCUT2D eigenvalue weighted by Crippen LogP contribution is -2.36. The monoisotopic (exact) mass is 371 g/mol. The fourth-order valence-electron chi connectivity index (χ4n) is 3.22. The Labute approximate surface area is 152 Å². The number of carbonyl (C=O) groups is 3. The van der Waals surface area contributed by atoms with E-state index in [0.717, 1.165) is 37.9 Å². The van der Waals surface area contributed by atoms with E-state index in [1.54, 1.807) is 0 Å². The van der Waals surface area contributed by atoms with Crippen LogP contribution in [0.15, 0.2) is 0 Å². The number of rotatable bonds is 11. The number of primary amides is 1. The normalized spacial score (nSPS) is 25.8. The van der Waals surface area contributed by atoms with Crippen molar-refractivity contribution >= 4 is 29.6 Å². The Morgan fingerprint density at radius 1 is 1.24 bits per heavy atom. The Bertz CT molecular complexity index is 490. The Hall–Kier alpha value is -1.48. The molecule has 2 heterocycles. The second-order valence-electron chi connectivity index (χ2n) is 6.72. The second kappa shape index (κ2) is 9.86. The van der Waals surface area contributed by atoms with Gasteiger partial charge in [-0.15, -0.1) is 0 Å². The van der Waals surface area contributed by atoms with Crippen molar-refractivity contribution in [2.75, 3.05) is 12.3 Å². The Kier molecular flexibility index (Phi) is 7.83. The first-order valence-electron chi connectivity index (χ1n) is 8.97. The maximum absolute atomic E-state index is 11.8. The molecule has 2 saturated heterocycles. The predicted molar refractivity (Wildman–Crippen MR) is 98.0 cm³/mol. The summed E-state index contributed by atoms with van der Waals surface area (Å²) in [6.45, 7) is 0.601. The zero-order valence-electron chi connectivity index (χ0n) is 14.5. The summed E-state index contributed by atoms with van der Waals surface area (Å²) in [5.74, 6) is 0.546. The van der Waals surface area contributed by atoms with Crippen LogP contribution >= 0.6 is 11.8 Å². The molecule has 0 bridgehead atoms. The van der Waals surface area contributed by atoms with Crippen molar-refractivity contribution in [3.63, 3.8) is 0 Å². The maximum Gasteiger partial charge on any atom is 0.315 e. The van der Waals surface area contributed by atoms with E-state index in [0.29, 0.717) is 24.6 Å². The van der Waals surface area contributed by atoms with Crippen LogP contribution in [0.2, 0.25) is 0 Å². The van der Waals surface area contributed by atoms with Gasteiger partial charge in [-0.25, -0.2) is 4.79 Å². The minimum absolute atomic E-state index is 0.0588. The number of thioether (sulfide) groups is 1. The van der Waals surface area contributed by atoms with E-state index in [1.807, 2.05) is 11.8 Å². The highest BCUT2D eigenvalue weighted by molar-refractivity contribution is 8.00. The number of urea groups is 1. The summed E-state index contributed by atoms with van der Waals surface area (Å²) >= 11 is 1.90. The van der Waals surface area contributed by atoms with Crippen LogP contribution in [0.4, 0.5) is 4.79 Å². The van der Waals surface area contributed by atoms with Crippen molar-refractivity contribution in [3.8, 4) is 0 Å². The molecule has 25 heavy (non-hydrogen) atoms. The average Bonchev–Trinajstić information content (AvgIpc) is 3.10. The van der Waals surface area contributed by atoms with Crippen molar-refractivity contribution in [1.29, 1.82) is 0 Å². The summed E-state index contributed by atoms with van der Waals surface area (Å²) in [4.78, 5) is 33.9. The van der Waals surface area contributed by atoms with Crippen LogP contribution in [0.3, 0.4) is 0 Å². The largest absolute Gasteiger partial charge is 0.368 e. The van der Waals surface area contributed by atoms with Gasteiger partial charge in [0.2, 0.25) is 11.8 Å². The zero-order chi connectivity index (χ0) is 18.2. The van der Waals surface area contributed by atoms with Gasteiger partial charge in [-0.1, -0.05) is 6.42 Å². The van der Waals surface area contributed by atoms with Crippen molar-refractivity contribution in [2.24, 2.45) is 11.5 Å². The van der Waals surface area contributed by atoms with E-state index in [4.69, 9.17) is 11.5 Å². The molecule has 9 heteroatoms. The molecule has 4 amide bonds. The van der Waals surface area contributed by atoms with Gasteiger partial charge in [0.25, 0.3) is 0 Å². The standard InChI is InChI=1S/C16H29N5O3S/c17-10(15(18)23)5-3-4-8-19-13(22)7-2-1-6-12-14-11(9-25-12)20-16(24)21-14/h10-12,14H,1-9,17H2,(H2,18,23)(H,19,22)(H2,20,21,24)/t10-,11+,12+,14-/m1/s1. The van der Waals surface area contributed by atoms with Crippen molar-refractivity contribution in [2.45, 2.75) is 68.3 Å². The number of hydrogen-bond acceptors (Lipinski definition) is 5. The van der Waals surface area contributed by atoms with E-state index in [1.165, 1.54) is 0 Å². The third-order valence-corrected chi connectivity index (χ3v) is 6.22. The Morgan fingerprint density at radius 3 is 2.80 bits per heavy atom. The number of carbonyl (C=O) groups excluding carboxylic acids is 3. The van der Waals surface area contributed by atoms with Gasteiger partial charge in [-0.05, 0) is 32.1 Å². The molecule has 2 fully saturated rings. The molecule has 0 aliphatic carbocycles. The number of nitrogens with one attached hydrogen (secondary N) is 3. The van der Waals surface area contributed by atoms with Crippen LogP contribution in [0.1, 0.15) is 44.9 Å². The number of unbranched alkanes of at least 4 members (excludes halogenated alkanes) is 2. The molecule has 8 nitrogen and oxygen atoms in total. The van der Waals surface area contributed by atoms with Crippen LogP contribution in [-0.2, 0) is 9.59 Å². The summed E-state index contributed by atoms with van der Waals surface area (Å²) in [6.07, 6.45) is 5.50. The molecule has 0 aromatic carbocycles. The number of fused-ring (bicyclic) bond motifs is 1. The molecule has 4 atom stereocenters. The first kappa shape index (κ1) is 19.8. The van der Waals surface area contributed by atoms with E-state index >= 15 is 0 Å². The molecular formula is C16H29N5O3S. The minimum atomic E-state index is -0.594. The molecule has 0 spiro atoms. The highest BCUT2D eigenvalue weighted by Crippen LogP contribution is 2.33. The van der Waals surface area contributed by atoms with Gasteiger partial charge in [0.1, 0.15) is 0 Å². The first-order valence-corrected chi connectivity index (χ1v) is 10.0. The molecule has 142 valence electrons. The van der Waals surface area contributed by atoms with Crippen LogP contribution in [0.25, 0.3) is 0 Å². The van der Waals surface area contributed by atoms with Crippen LogP contribution < -0.4 is 27.4 Å². The predicted octanol–water partition coefficient (Wildman–Crippen LogP) is -0.189. The highest BCUT2D eigenvalue weighted by Gasteiger charge is 2.42. The molecule has 0 radical (unpaired) electrons. The molecule has 0 saturated carbocycles. The van der Waals surface area contributed by atoms with Gasteiger partial charge >= 0.3 is 6.03 Å². The lowest BCUT2D eigenvalue weighted by atomic mass is 10.0. The number of amides is 4. The number of hydrogen-bond donors (Lipinski definition) is 5. The minimum Gasteiger partial charge on any atom is -0.368 e. The van der Waals surface area contributed by atoms with Gasteiger partial charge in [0.15, 0.2) is 0 Å². The van der Waals surface area contributed by atoms with Crippen LogP contribution in [0.5, 0.6) is 0 Å². The quantitative estimate of drug-likeness (QED) is 0.253. The van der Waals surface area contributed by atoms with Gasteiger partial charge in [0.05, 0.1) is 18.1 Å². The third kappa shape index (κ3) is 6.39. The highest BCUT2D eigenvalue weighted by atomic mass is 32.2. The topological polar surface area (TPSA) is 139 Å². The molecule has 2 aliphatic rings. The van der Waals surface area contributed by atoms with Gasteiger partial charge < -0.3 is 27.4 Å². The van der Waals surface area contributed by atoms with Gasteiger partial charge in [-0.3, -0.25) is 9.59 Å². The van der Waals surface area contributed by atoms with Gasteiger partial charge in [0, 0.05) is 24.0 Å². The maximum atomic E-state index is 11.8. The smallest absolute Gasteiger partial charge is 0.315 e. The summed E-state index contributed by atoms with van der Waals surface area (Å²) in [6, 6.07) is -0.161. The van der Waals surface area contributed by atoms with E-state index < -0.39 is 11.9 Å². The summed E-state index contributed by atoms with van der Waals surface area (Å²) in [5, 5.41) is 9.25.